The molecule has 0 spiro atoms. The van der Waals surface area contributed by atoms with Gasteiger partial charge in [-0.1, -0.05) is 44.9 Å². The molecule has 3 saturated heterocycles. The smallest absolute Gasteiger partial charge is 0.0574 e. The first-order chi connectivity index (χ1) is 11.4. The Kier molecular flexibility index (Phi) is 5.54. The van der Waals surface area contributed by atoms with Gasteiger partial charge >= 0.3 is 0 Å². The molecule has 132 valence electrons. The molecule has 0 aromatic carbocycles. The molecule has 0 aromatic heterocycles. The number of hydrogen-bond acceptors (Lipinski definition) is 4. The number of nitrogens with one attached hydrogen (secondary N) is 4. The molecule has 4 bridgehead atoms. The summed E-state index contributed by atoms with van der Waals surface area (Å²) in [5, 5.41) is 7.64. The van der Waals surface area contributed by atoms with Gasteiger partial charge in [-0.2, -0.15) is 0 Å². The summed E-state index contributed by atoms with van der Waals surface area (Å²) >= 11 is 0. The molecule has 4 heteroatoms. The predicted octanol–water partition coefficient (Wildman–Crippen LogP) is 2.66. The van der Waals surface area contributed by atoms with Crippen LogP contribution in [0.2, 0.25) is 0 Å². The van der Waals surface area contributed by atoms with Crippen molar-refractivity contribution < 1.29 is 0 Å². The largest absolute Gasteiger partial charge is 0.302 e. The van der Waals surface area contributed by atoms with E-state index in [2.05, 4.69) is 21.5 Å². The molecule has 4 N–H and O–H groups in total. The van der Waals surface area contributed by atoms with E-state index >= 15 is 0 Å². The van der Waals surface area contributed by atoms with E-state index in [0.717, 1.165) is 17.9 Å². The average Bonchev–Trinajstić information content (AvgIpc) is 3.00. The fourth-order valence-electron chi connectivity index (χ4n) is 5.61. The first-order valence-electron chi connectivity index (χ1n) is 10.4. The van der Waals surface area contributed by atoms with Crippen LogP contribution in [0.5, 0.6) is 0 Å². The second-order valence-electron chi connectivity index (χ2n) is 8.53. The van der Waals surface area contributed by atoms with Crippen LogP contribution in [0.15, 0.2) is 0 Å². The van der Waals surface area contributed by atoms with Gasteiger partial charge in [-0.25, -0.2) is 0 Å². The van der Waals surface area contributed by atoms with E-state index < -0.39 is 0 Å². The number of rotatable bonds is 0. The maximum absolute atomic E-state index is 3.94. The Balaban J connectivity index is 1.45. The molecule has 3 aliphatic heterocycles. The maximum Gasteiger partial charge on any atom is 0.0574 e. The second kappa shape index (κ2) is 7.81. The fraction of sp³-hybridized carbons (Fsp3) is 1.00. The lowest BCUT2D eigenvalue weighted by Gasteiger charge is -2.40. The van der Waals surface area contributed by atoms with E-state index in [9.17, 15) is 0 Å². The van der Waals surface area contributed by atoms with Crippen LogP contribution >= 0.6 is 0 Å². The molecule has 0 amide bonds. The second-order valence-corrected chi connectivity index (χ2v) is 8.53. The van der Waals surface area contributed by atoms with Crippen molar-refractivity contribution in [1.82, 2.24) is 21.5 Å². The zero-order valence-corrected chi connectivity index (χ0v) is 14.7. The van der Waals surface area contributed by atoms with Gasteiger partial charge in [0.15, 0.2) is 0 Å². The van der Waals surface area contributed by atoms with Gasteiger partial charge in [-0.3, -0.25) is 16.2 Å². The molecule has 0 radical (unpaired) electrons. The fourth-order valence-corrected chi connectivity index (χ4v) is 5.61. The minimum absolute atomic E-state index is 0.541. The lowest BCUT2D eigenvalue weighted by Crippen LogP contribution is -2.61. The third kappa shape index (κ3) is 3.92. The lowest BCUT2D eigenvalue weighted by atomic mass is 9.72. The highest BCUT2D eigenvalue weighted by Crippen LogP contribution is 2.38. The third-order valence-corrected chi connectivity index (χ3v) is 6.95. The van der Waals surface area contributed by atoms with Crippen molar-refractivity contribution in [3.63, 3.8) is 0 Å². The Bertz CT molecular complexity index is 374. The zero-order valence-electron chi connectivity index (χ0n) is 14.7. The van der Waals surface area contributed by atoms with Crippen LogP contribution in [-0.2, 0) is 0 Å². The Labute approximate surface area is 141 Å². The van der Waals surface area contributed by atoms with Crippen molar-refractivity contribution in [2.45, 2.75) is 101 Å². The van der Waals surface area contributed by atoms with Crippen LogP contribution in [0.1, 0.15) is 77.0 Å². The van der Waals surface area contributed by atoms with Gasteiger partial charge in [-0.05, 0) is 50.5 Å². The Morgan fingerprint density at radius 2 is 1.48 bits per heavy atom. The molecule has 4 rings (SSSR count). The minimum Gasteiger partial charge on any atom is -0.302 e. The first-order valence-corrected chi connectivity index (χ1v) is 10.4. The summed E-state index contributed by atoms with van der Waals surface area (Å²) in [7, 11) is 0. The molecule has 6 atom stereocenters. The molecule has 1 aliphatic carbocycles. The monoisotopic (exact) mass is 320 g/mol. The van der Waals surface area contributed by atoms with Crippen molar-refractivity contribution >= 4 is 0 Å². The number of hydrogen-bond donors (Lipinski definition) is 4. The molecular formula is C19H36N4. The Hall–Kier alpha value is -0.160. The maximum atomic E-state index is 3.94. The number of fused-ring (bicyclic) bond motifs is 4. The van der Waals surface area contributed by atoms with Crippen LogP contribution in [0.4, 0.5) is 0 Å². The van der Waals surface area contributed by atoms with Gasteiger partial charge in [0.2, 0.25) is 0 Å². The third-order valence-electron chi connectivity index (χ3n) is 6.95. The minimum atomic E-state index is 0.541. The van der Waals surface area contributed by atoms with E-state index in [-0.39, 0.29) is 0 Å². The van der Waals surface area contributed by atoms with Crippen molar-refractivity contribution in [2.75, 3.05) is 6.54 Å². The van der Waals surface area contributed by atoms with Crippen molar-refractivity contribution in [1.29, 1.82) is 0 Å². The SMILES string of the molecule is C1CCCCC2NCCC(N2)C2NNC3CCC(CCC1)CC32. The van der Waals surface area contributed by atoms with Crippen molar-refractivity contribution in [2.24, 2.45) is 11.8 Å². The van der Waals surface area contributed by atoms with Gasteiger partial charge in [-0.15, -0.1) is 0 Å². The molecule has 23 heavy (non-hydrogen) atoms. The van der Waals surface area contributed by atoms with Gasteiger partial charge in [0.1, 0.15) is 0 Å². The van der Waals surface area contributed by atoms with Crippen LogP contribution in [0.3, 0.4) is 0 Å². The van der Waals surface area contributed by atoms with Crippen LogP contribution in [0.25, 0.3) is 0 Å². The normalized spacial score (nSPS) is 45.9. The zero-order chi connectivity index (χ0) is 15.5. The number of hydrazine groups is 1. The van der Waals surface area contributed by atoms with E-state index in [1.165, 1.54) is 83.6 Å². The van der Waals surface area contributed by atoms with E-state index in [1.54, 1.807) is 0 Å². The molecule has 4 fully saturated rings. The van der Waals surface area contributed by atoms with Crippen molar-refractivity contribution in [3.05, 3.63) is 0 Å². The molecule has 0 aromatic rings. The summed E-state index contributed by atoms with van der Waals surface area (Å²) in [6, 6.07) is 2.01. The van der Waals surface area contributed by atoms with Gasteiger partial charge < -0.3 is 5.32 Å². The molecule has 1 saturated carbocycles. The standard InChI is InChI=1S/C19H36N4/c1-2-4-6-8-18-20-12-11-17(21-18)19-15-13-14(7-5-3-1)9-10-16(15)22-23-19/h14-23H,1-13H2. The quantitative estimate of drug-likeness (QED) is 0.554. The summed E-state index contributed by atoms with van der Waals surface area (Å²) in [5.41, 5.74) is 7.34. The predicted molar refractivity (Wildman–Crippen MR) is 94.9 cm³/mol. The van der Waals surface area contributed by atoms with Crippen LogP contribution in [0, 0.1) is 11.8 Å². The average molecular weight is 321 g/mol. The molecule has 3 heterocycles. The summed E-state index contributed by atoms with van der Waals surface area (Å²) < 4.78 is 0. The summed E-state index contributed by atoms with van der Waals surface area (Å²) in [4.78, 5) is 0. The molecule has 4 aliphatic rings. The summed E-state index contributed by atoms with van der Waals surface area (Å²) in [6.07, 6.45) is 17.5. The molecule has 6 unspecified atom stereocenters. The summed E-state index contributed by atoms with van der Waals surface area (Å²) in [5.74, 6) is 1.83. The van der Waals surface area contributed by atoms with Gasteiger partial charge in [0.25, 0.3) is 0 Å². The molecule has 4 nitrogen and oxygen atoms in total. The van der Waals surface area contributed by atoms with Crippen LogP contribution < -0.4 is 21.5 Å². The first kappa shape index (κ1) is 16.3. The topological polar surface area (TPSA) is 48.1 Å². The van der Waals surface area contributed by atoms with Gasteiger partial charge in [0.05, 0.1) is 6.17 Å². The Morgan fingerprint density at radius 1 is 0.652 bits per heavy atom. The lowest BCUT2D eigenvalue weighted by molar-refractivity contribution is 0.175. The van der Waals surface area contributed by atoms with E-state index in [0.29, 0.717) is 18.2 Å². The highest BCUT2D eigenvalue weighted by atomic mass is 15.4. The van der Waals surface area contributed by atoms with E-state index in [4.69, 9.17) is 0 Å². The Morgan fingerprint density at radius 3 is 2.39 bits per heavy atom. The van der Waals surface area contributed by atoms with Gasteiger partial charge in [0, 0.05) is 18.1 Å². The molecular weight excluding hydrogens is 284 g/mol. The highest BCUT2D eigenvalue weighted by Gasteiger charge is 2.44. The van der Waals surface area contributed by atoms with Crippen molar-refractivity contribution in [3.8, 4) is 0 Å². The van der Waals surface area contributed by atoms with Crippen LogP contribution in [-0.4, -0.2) is 30.8 Å². The van der Waals surface area contributed by atoms with E-state index in [1.807, 2.05) is 0 Å². The summed E-state index contributed by atoms with van der Waals surface area (Å²) in [6.45, 7) is 1.18. The highest BCUT2D eigenvalue weighted by molar-refractivity contribution is 5.02.